The highest BCUT2D eigenvalue weighted by Crippen LogP contribution is 2.27. The highest BCUT2D eigenvalue weighted by Gasteiger charge is 2.28. The van der Waals surface area contributed by atoms with E-state index in [4.69, 9.17) is 4.74 Å². The maximum atomic E-state index is 12.4. The van der Waals surface area contributed by atoms with Crippen LogP contribution in [0.3, 0.4) is 0 Å². The summed E-state index contributed by atoms with van der Waals surface area (Å²) in [5.74, 6) is 0.701. The second kappa shape index (κ2) is 6.65. The van der Waals surface area contributed by atoms with E-state index < -0.39 is 0 Å². The lowest BCUT2D eigenvalue weighted by Crippen LogP contribution is -2.38. The van der Waals surface area contributed by atoms with Crippen LogP contribution in [0.1, 0.15) is 29.7 Å². The van der Waals surface area contributed by atoms with Gasteiger partial charge in [0.05, 0.1) is 37.1 Å². The van der Waals surface area contributed by atoms with Crippen LogP contribution >= 0.6 is 0 Å². The predicted octanol–water partition coefficient (Wildman–Crippen LogP) is 1.25. The fourth-order valence-corrected chi connectivity index (χ4v) is 3.60. The van der Waals surface area contributed by atoms with Crippen LogP contribution in [-0.2, 0) is 24.3 Å². The third-order valence-electron chi connectivity index (χ3n) is 4.84. The summed E-state index contributed by atoms with van der Waals surface area (Å²) in [4.78, 5) is 18.9. The molecule has 0 spiro atoms. The van der Waals surface area contributed by atoms with Crippen molar-refractivity contribution in [1.29, 1.82) is 5.26 Å². The van der Waals surface area contributed by atoms with Gasteiger partial charge in [-0.05, 0) is 25.0 Å². The van der Waals surface area contributed by atoms with Crippen LogP contribution in [0, 0.1) is 11.3 Å². The molecule has 2 aliphatic heterocycles. The van der Waals surface area contributed by atoms with E-state index in [1.165, 1.54) is 0 Å². The topological polar surface area (TPSA) is 84.0 Å². The molecule has 0 aromatic carbocycles. The van der Waals surface area contributed by atoms with Gasteiger partial charge in [0, 0.05) is 30.8 Å². The first kappa shape index (κ1) is 15.8. The average molecular weight is 337 g/mol. The first-order valence-corrected chi connectivity index (χ1v) is 8.55. The first-order chi connectivity index (χ1) is 12.3. The van der Waals surface area contributed by atoms with Crippen molar-refractivity contribution >= 4 is 5.82 Å². The van der Waals surface area contributed by atoms with Crippen molar-refractivity contribution in [2.45, 2.75) is 38.5 Å². The summed E-state index contributed by atoms with van der Waals surface area (Å²) in [7, 11) is 0. The fourth-order valence-electron chi connectivity index (χ4n) is 3.60. The van der Waals surface area contributed by atoms with Crippen LogP contribution in [0.4, 0.5) is 5.82 Å². The molecule has 1 unspecified atom stereocenters. The van der Waals surface area contributed by atoms with E-state index >= 15 is 0 Å². The molecule has 128 valence electrons. The van der Waals surface area contributed by atoms with E-state index in [0.717, 1.165) is 37.1 Å². The number of ether oxygens (including phenoxy) is 1. The van der Waals surface area contributed by atoms with E-state index in [0.29, 0.717) is 31.1 Å². The van der Waals surface area contributed by atoms with Gasteiger partial charge in [-0.1, -0.05) is 0 Å². The van der Waals surface area contributed by atoms with Crippen LogP contribution in [0.5, 0.6) is 0 Å². The molecule has 2 aliphatic rings. The molecule has 0 bridgehead atoms. The lowest BCUT2D eigenvalue weighted by molar-refractivity contribution is 0.108. The molecule has 7 nitrogen and oxygen atoms in total. The van der Waals surface area contributed by atoms with Crippen molar-refractivity contribution in [1.82, 2.24) is 14.8 Å². The van der Waals surface area contributed by atoms with Gasteiger partial charge in [0.25, 0.3) is 5.56 Å². The Kier molecular flexibility index (Phi) is 4.20. The zero-order chi connectivity index (χ0) is 17.2. The Hall–Kier alpha value is -2.72. The lowest BCUT2D eigenvalue weighted by Gasteiger charge is -2.27. The third-order valence-corrected chi connectivity index (χ3v) is 4.84. The standard InChI is InChI=1S/C18H19N5O2/c19-10-13-3-1-6-20-18(13)22-7-2-4-15(22)11-23-17(24)9-14-12-25-8-5-16(14)21-23/h1,3,6,9,15H,2,4-5,7-8,11-12H2. The van der Waals surface area contributed by atoms with Crippen molar-refractivity contribution in [2.24, 2.45) is 0 Å². The third kappa shape index (κ3) is 3.01. The van der Waals surface area contributed by atoms with Gasteiger partial charge < -0.3 is 9.64 Å². The molecule has 1 fully saturated rings. The molecule has 4 rings (SSSR count). The van der Waals surface area contributed by atoms with Crippen molar-refractivity contribution in [2.75, 3.05) is 18.1 Å². The molecule has 25 heavy (non-hydrogen) atoms. The molecule has 0 N–H and O–H groups in total. The molecule has 0 aliphatic carbocycles. The minimum Gasteiger partial charge on any atom is -0.376 e. The molecule has 0 amide bonds. The smallest absolute Gasteiger partial charge is 0.267 e. The highest BCUT2D eigenvalue weighted by atomic mass is 16.5. The quantitative estimate of drug-likeness (QED) is 0.838. The van der Waals surface area contributed by atoms with Crippen molar-refractivity contribution < 1.29 is 4.74 Å². The van der Waals surface area contributed by atoms with Gasteiger partial charge in [-0.3, -0.25) is 4.79 Å². The maximum Gasteiger partial charge on any atom is 0.267 e. The molecule has 4 heterocycles. The number of hydrogen-bond acceptors (Lipinski definition) is 6. The van der Waals surface area contributed by atoms with Gasteiger partial charge in [-0.15, -0.1) is 0 Å². The Labute approximate surface area is 145 Å². The normalized spacial score (nSPS) is 19.5. The summed E-state index contributed by atoms with van der Waals surface area (Å²) in [6.07, 6.45) is 4.41. The number of pyridine rings is 1. The number of anilines is 1. The summed E-state index contributed by atoms with van der Waals surface area (Å²) in [5.41, 5.74) is 2.31. The van der Waals surface area contributed by atoms with Crippen molar-refractivity contribution in [3.8, 4) is 6.07 Å². The van der Waals surface area contributed by atoms with Gasteiger partial charge >= 0.3 is 0 Å². The van der Waals surface area contributed by atoms with E-state index in [1.807, 2.05) is 0 Å². The zero-order valence-electron chi connectivity index (χ0n) is 13.9. The zero-order valence-corrected chi connectivity index (χ0v) is 13.9. The van der Waals surface area contributed by atoms with E-state index in [2.05, 4.69) is 21.1 Å². The second-order valence-corrected chi connectivity index (χ2v) is 6.42. The second-order valence-electron chi connectivity index (χ2n) is 6.42. The molecule has 2 aromatic heterocycles. The summed E-state index contributed by atoms with van der Waals surface area (Å²) in [5, 5.41) is 13.9. The summed E-state index contributed by atoms with van der Waals surface area (Å²) in [6, 6.07) is 7.51. The summed E-state index contributed by atoms with van der Waals surface area (Å²) < 4.78 is 6.95. The summed E-state index contributed by atoms with van der Waals surface area (Å²) in [6.45, 7) is 2.46. The Balaban J connectivity index is 1.62. The van der Waals surface area contributed by atoms with Crippen molar-refractivity contribution in [3.63, 3.8) is 0 Å². The van der Waals surface area contributed by atoms with Gasteiger partial charge in [0.15, 0.2) is 0 Å². The van der Waals surface area contributed by atoms with E-state index in [9.17, 15) is 10.1 Å². The molecule has 7 heteroatoms. The maximum absolute atomic E-state index is 12.4. The monoisotopic (exact) mass is 337 g/mol. The number of fused-ring (bicyclic) bond motifs is 1. The van der Waals surface area contributed by atoms with Crippen LogP contribution in [0.25, 0.3) is 0 Å². The molecule has 2 aromatic rings. The number of nitrogens with zero attached hydrogens (tertiary/aromatic N) is 5. The van der Waals surface area contributed by atoms with Gasteiger partial charge in [0.1, 0.15) is 11.9 Å². The minimum absolute atomic E-state index is 0.0994. The number of rotatable bonds is 3. The molecule has 0 saturated carbocycles. The lowest BCUT2D eigenvalue weighted by atomic mass is 10.1. The van der Waals surface area contributed by atoms with Gasteiger partial charge in [-0.25, -0.2) is 9.67 Å². The number of aromatic nitrogens is 3. The number of hydrogen-bond donors (Lipinski definition) is 0. The van der Waals surface area contributed by atoms with Crippen molar-refractivity contribution in [3.05, 3.63) is 51.6 Å². The Morgan fingerprint density at radius 3 is 3.24 bits per heavy atom. The Bertz CT molecular complexity index is 886. The molecule has 1 atom stereocenters. The van der Waals surface area contributed by atoms with Crippen LogP contribution in [-0.4, -0.2) is 34.0 Å². The van der Waals surface area contributed by atoms with Crippen LogP contribution in [0.2, 0.25) is 0 Å². The molecular weight excluding hydrogens is 318 g/mol. The number of nitriles is 1. The van der Waals surface area contributed by atoms with E-state index in [-0.39, 0.29) is 11.6 Å². The minimum atomic E-state index is -0.0994. The SMILES string of the molecule is N#Cc1cccnc1N1CCCC1Cn1nc2c(cc1=O)COCC2. The van der Waals surface area contributed by atoms with Crippen LogP contribution < -0.4 is 10.5 Å². The first-order valence-electron chi connectivity index (χ1n) is 8.55. The fraction of sp³-hybridized carbons (Fsp3) is 0.444. The summed E-state index contributed by atoms with van der Waals surface area (Å²) >= 11 is 0. The Morgan fingerprint density at radius 2 is 2.36 bits per heavy atom. The molecule has 1 saturated heterocycles. The average Bonchev–Trinajstić information content (AvgIpc) is 3.10. The Morgan fingerprint density at radius 1 is 1.44 bits per heavy atom. The highest BCUT2D eigenvalue weighted by molar-refractivity contribution is 5.54. The van der Waals surface area contributed by atoms with Gasteiger partial charge in [-0.2, -0.15) is 10.4 Å². The molecule has 0 radical (unpaired) electrons. The van der Waals surface area contributed by atoms with Gasteiger partial charge in [0.2, 0.25) is 0 Å². The molecular formula is C18H19N5O2. The van der Waals surface area contributed by atoms with E-state index in [1.54, 1.807) is 29.1 Å². The predicted molar refractivity (Wildman–Crippen MR) is 91.2 cm³/mol. The van der Waals surface area contributed by atoms with Crippen LogP contribution in [0.15, 0.2) is 29.2 Å². The largest absolute Gasteiger partial charge is 0.376 e.